The van der Waals surface area contributed by atoms with Crippen LogP contribution >= 0.6 is 0 Å². The Morgan fingerprint density at radius 1 is 1.10 bits per heavy atom. The quantitative estimate of drug-likeness (QED) is 0.792. The maximum atomic E-state index is 12.2. The molecule has 4 nitrogen and oxygen atoms in total. The van der Waals surface area contributed by atoms with Gasteiger partial charge in [-0.25, -0.2) is 13.1 Å². The van der Waals surface area contributed by atoms with Gasteiger partial charge in [0.05, 0.1) is 5.75 Å². The van der Waals surface area contributed by atoms with E-state index in [-0.39, 0.29) is 11.8 Å². The molecule has 1 unspecified atom stereocenters. The molecular weight excluding hydrogens is 272 g/mol. The van der Waals surface area contributed by atoms with Crippen LogP contribution in [0, 0.1) is 5.92 Å². The molecule has 2 aliphatic rings. The smallest absolute Gasteiger partial charge is 0.211 e. The molecule has 0 amide bonds. The molecule has 1 aliphatic carbocycles. The van der Waals surface area contributed by atoms with Crippen molar-refractivity contribution in [2.75, 3.05) is 12.3 Å². The number of hydrogen-bond donors (Lipinski definition) is 2. The van der Waals surface area contributed by atoms with Gasteiger partial charge in [-0.2, -0.15) is 0 Å². The molecule has 0 bridgehead atoms. The van der Waals surface area contributed by atoms with Crippen molar-refractivity contribution in [3.8, 4) is 0 Å². The average molecular weight is 302 g/mol. The number of rotatable bonds is 6. The lowest BCUT2D eigenvalue weighted by atomic mass is 9.85. The van der Waals surface area contributed by atoms with Gasteiger partial charge in [0.1, 0.15) is 0 Å². The lowest BCUT2D eigenvalue weighted by Gasteiger charge is -2.28. The Balaban J connectivity index is 1.70. The van der Waals surface area contributed by atoms with Crippen LogP contribution in [0.4, 0.5) is 0 Å². The average Bonchev–Trinajstić information content (AvgIpc) is 2.47. The molecule has 1 saturated heterocycles. The summed E-state index contributed by atoms with van der Waals surface area (Å²) < 4.78 is 27.2. The van der Waals surface area contributed by atoms with Gasteiger partial charge in [-0.05, 0) is 57.4 Å². The van der Waals surface area contributed by atoms with Crippen LogP contribution in [0.3, 0.4) is 0 Å². The minimum atomic E-state index is -3.09. The first kappa shape index (κ1) is 16.2. The lowest BCUT2D eigenvalue weighted by molar-refractivity contribution is 0.306. The molecule has 1 saturated carbocycles. The van der Waals surface area contributed by atoms with Crippen molar-refractivity contribution in [2.45, 2.75) is 76.8 Å². The molecule has 20 heavy (non-hydrogen) atoms. The molecule has 2 rings (SSSR count). The minimum absolute atomic E-state index is 0.183. The molecule has 2 N–H and O–H groups in total. The molecule has 2 fully saturated rings. The number of piperidine rings is 1. The van der Waals surface area contributed by atoms with Crippen LogP contribution in [0.5, 0.6) is 0 Å². The molecule has 1 aliphatic heterocycles. The van der Waals surface area contributed by atoms with E-state index in [4.69, 9.17) is 0 Å². The maximum absolute atomic E-state index is 12.2. The van der Waals surface area contributed by atoms with E-state index in [0.29, 0.717) is 6.04 Å². The number of sulfonamides is 1. The summed E-state index contributed by atoms with van der Waals surface area (Å²) in [4.78, 5) is 0. The van der Waals surface area contributed by atoms with E-state index >= 15 is 0 Å². The third-order valence-electron chi connectivity index (χ3n) is 4.92. The first-order valence-corrected chi connectivity index (χ1v) is 9.97. The molecule has 118 valence electrons. The first-order chi connectivity index (χ1) is 9.59. The van der Waals surface area contributed by atoms with Gasteiger partial charge in [-0.15, -0.1) is 0 Å². The highest BCUT2D eigenvalue weighted by Crippen LogP contribution is 2.26. The summed E-state index contributed by atoms with van der Waals surface area (Å²) in [7, 11) is -3.09. The van der Waals surface area contributed by atoms with Crippen molar-refractivity contribution in [1.82, 2.24) is 10.0 Å². The monoisotopic (exact) mass is 302 g/mol. The summed E-state index contributed by atoms with van der Waals surface area (Å²) in [5, 5.41) is 3.42. The summed E-state index contributed by atoms with van der Waals surface area (Å²) in [6.45, 7) is 3.27. The fourth-order valence-electron chi connectivity index (χ4n) is 3.47. The minimum Gasteiger partial charge on any atom is -0.314 e. The summed E-state index contributed by atoms with van der Waals surface area (Å²) in [6, 6.07) is 0.582. The molecule has 5 heteroatoms. The standard InChI is InChI=1S/C15H30N2O2S/c1-2-13-6-8-15(9-7-13)17-20(18,19)12-10-14-5-3-4-11-16-14/h13-17H,2-12H2,1H3. The van der Waals surface area contributed by atoms with Gasteiger partial charge in [0.15, 0.2) is 0 Å². The predicted molar refractivity (Wildman–Crippen MR) is 83.2 cm³/mol. The van der Waals surface area contributed by atoms with E-state index in [2.05, 4.69) is 17.0 Å². The Kier molecular flexibility index (Phi) is 6.30. The van der Waals surface area contributed by atoms with E-state index < -0.39 is 10.0 Å². The Morgan fingerprint density at radius 2 is 1.85 bits per heavy atom. The van der Waals surface area contributed by atoms with Crippen LogP contribution in [-0.4, -0.2) is 32.8 Å². The van der Waals surface area contributed by atoms with Crippen LogP contribution in [0.25, 0.3) is 0 Å². The molecule has 0 aromatic rings. The van der Waals surface area contributed by atoms with Crippen LogP contribution in [0.2, 0.25) is 0 Å². The number of hydrogen-bond acceptors (Lipinski definition) is 3. The second-order valence-electron chi connectivity index (χ2n) is 6.50. The van der Waals surface area contributed by atoms with E-state index in [1.54, 1.807) is 0 Å². The Morgan fingerprint density at radius 3 is 2.45 bits per heavy atom. The lowest BCUT2D eigenvalue weighted by Crippen LogP contribution is -2.41. The molecule has 0 radical (unpaired) electrons. The Labute approximate surface area is 124 Å². The number of nitrogens with one attached hydrogen (secondary N) is 2. The predicted octanol–water partition coefficient (Wildman–Crippen LogP) is 2.41. The summed E-state index contributed by atoms with van der Waals surface area (Å²) >= 11 is 0. The van der Waals surface area contributed by atoms with E-state index in [1.807, 2.05) is 0 Å². The van der Waals surface area contributed by atoms with Gasteiger partial charge in [-0.1, -0.05) is 19.8 Å². The van der Waals surface area contributed by atoms with Crippen molar-refractivity contribution >= 4 is 10.0 Å². The van der Waals surface area contributed by atoms with E-state index in [9.17, 15) is 8.42 Å². The zero-order valence-corrected chi connectivity index (χ0v) is 13.6. The fourth-order valence-corrected chi connectivity index (χ4v) is 4.93. The van der Waals surface area contributed by atoms with E-state index in [1.165, 1.54) is 32.1 Å². The van der Waals surface area contributed by atoms with Gasteiger partial charge in [0.2, 0.25) is 10.0 Å². The maximum Gasteiger partial charge on any atom is 0.211 e. The molecule has 0 spiro atoms. The van der Waals surface area contributed by atoms with Gasteiger partial charge >= 0.3 is 0 Å². The van der Waals surface area contributed by atoms with Crippen LogP contribution in [0.15, 0.2) is 0 Å². The van der Waals surface area contributed by atoms with Crippen molar-refractivity contribution in [1.29, 1.82) is 0 Å². The second kappa shape index (κ2) is 7.76. The molecule has 0 aromatic heterocycles. The Bertz CT molecular complexity index is 369. The van der Waals surface area contributed by atoms with Gasteiger partial charge in [-0.3, -0.25) is 0 Å². The summed E-state index contributed by atoms with van der Waals surface area (Å²) in [5.41, 5.74) is 0. The summed E-state index contributed by atoms with van der Waals surface area (Å²) in [5.74, 6) is 1.08. The molecule has 0 aromatic carbocycles. The zero-order chi connectivity index (χ0) is 14.4. The molecule has 1 atom stereocenters. The molecular formula is C15H30N2O2S. The summed E-state index contributed by atoms with van der Waals surface area (Å²) in [6.07, 6.45) is 9.93. The first-order valence-electron chi connectivity index (χ1n) is 8.32. The zero-order valence-electron chi connectivity index (χ0n) is 12.7. The topological polar surface area (TPSA) is 58.2 Å². The van der Waals surface area contributed by atoms with Gasteiger partial charge in [0, 0.05) is 12.1 Å². The highest BCUT2D eigenvalue weighted by Gasteiger charge is 2.24. The van der Waals surface area contributed by atoms with Crippen molar-refractivity contribution < 1.29 is 8.42 Å². The van der Waals surface area contributed by atoms with Crippen LogP contribution in [0.1, 0.15) is 64.7 Å². The van der Waals surface area contributed by atoms with Crippen molar-refractivity contribution in [3.63, 3.8) is 0 Å². The SMILES string of the molecule is CCC1CCC(NS(=O)(=O)CCC2CCCCN2)CC1. The van der Waals surface area contributed by atoms with E-state index in [0.717, 1.165) is 38.1 Å². The highest BCUT2D eigenvalue weighted by atomic mass is 32.2. The van der Waals surface area contributed by atoms with Gasteiger partial charge in [0.25, 0.3) is 0 Å². The van der Waals surface area contributed by atoms with Crippen molar-refractivity contribution in [2.24, 2.45) is 5.92 Å². The third-order valence-corrected chi connectivity index (χ3v) is 6.38. The van der Waals surface area contributed by atoms with Gasteiger partial charge < -0.3 is 5.32 Å². The molecule has 1 heterocycles. The fraction of sp³-hybridized carbons (Fsp3) is 1.00. The normalized spacial score (nSPS) is 32.1. The Hall–Kier alpha value is -0.130. The third kappa shape index (κ3) is 5.34. The van der Waals surface area contributed by atoms with Crippen molar-refractivity contribution in [3.05, 3.63) is 0 Å². The highest BCUT2D eigenvalue weighted by molar-refractivity contribution is 7.89. The van der Waals surface area contributed by atoms with Crippen LogP contribution < -0.4 is 10.0 Å². The largest absolute Gasteiger partial charge is 0.314 e. The van der Waals surface area contributed by atoms with Crippen LogP contribution in [-0.2, 0) is 10.0 Å². The second-order valence-corrected chi connectivity index (χ2v) is 8.37.